The molecule has 3 unspecified atom stereocenters. The Morgan fingerprint density at radius 1 is 1.27 bits per heavy atom. The summed E-state index contributed by atoms with van der Waals surface area (Å²) in [5.41, 5.74) is 1.48. The Balaban J connectivity index is 1.81. The molecule has 0 amide bonds. The minimum atomic E-state index is -0.804. The molecule has 2 aromatic rings. The van der Waals surface area contributed by atoms with E-state index in [0.29, 0.717) is 15.7 Å². The van der Waals surface area contributed by atoms with E-state index in [-0.39, 0.29) is 12.0 Å². The Kier molecular flexibility index (Phi) is 4.65. The number of aliphatic hydroxyl groups is 1. The van der Waals surface area contributed by atoms with Crippen LogP contribution in [0.5, 0.6) is 0 Å². The number of hydrogen-bond acceptors (Lipinski definition) is 2. The summed E-state index contributed by atoms with van der Waals surface area (Å²) in [5.74, 6) is 3.00. The zero-order valence-electron chi connectivity index (χ0n) is 12.1. The highest BCUT2D eigenvalue weighted by Gasteiger charge is 2.26. The molecular formula is C17H18Cl2N2O. The second-order valence-corrected chi connectivity index (χ2v) is 6.65. The highest BCUT2D eigenvalue weighted by Crippen LogP contribution is 2.31. The average Bonchev–Trinajstić information content (AvgIpc) is 2.92. The van der Waals surface area contributed by atoms with Gasteiger partial charge in [-0.05, 0) is 31.0 Å². The van der Waals surface area contributed by atoms with E-state index in [1.54, 1.807) is 12.1 Å². The van der Waals surface area contributed by atoms with Crippen LogP contribution in [0.25, 0.3) is 10.9 Å². The highest BCUT2D eigenvalue weighted by atomic mass is 35.5. The predicted octanol–water partition coefficient (Wildman–Crippen LogP) is 4.25. The molecule has 0 aliphatic heterocycles. The fourth-order valence-electron chi connectivity index (χ4n) is 3.15. The monoisotopic (exact) mass is 336 g/mol. The first-order chi connectivity index (χ1) is 10.6. The molecule has 5 heteroatoms. The summed E-state index contributed by atoms with van der Waals surface area (Å²) in [6.07, 6.45) is 9.08. The number of halogens is 2. The highest BCUT2D eigenvalue weighted by molar-refractivity contribution is 6.38. The molecule has 1 heterocycles. The molecular weight excluding hydrogens is 319 g/mol. The van der Waals surface area contributed by atoms with Crippen molar-refractivity contribution in [2.24, 2.45) is 5.92 Å². The maximum absolute atomic E-state index is 10.5. The minimum Gasteiger partial charge on any atom is -0.373 e. The number of aromatic nitrogens is 1. The minimum absolute atomic E-state index is 0.138. The molecule has 1 aromatic heterocycles. The smallest absolute Gasteiger partial charge is 0.146 e. The fraction of sp³-hybridized carbons (Fsp3) is 0.412. The second-order valence-electron chi connectivity index (χ2n) is 5.81. The first-order valence-corrected chi connectivity index (χ1v) is 8.22. The topological polar surface area (TPSA) is 48.0 Å². The molecule has 0 spiro atoms. The maximum atomic E-state index is 10.5. The zero-order chi connectivity index (χ0) is 15.7. The van der Waals surface area contributed by atoms with E-state index in [1.165, 1.54) is 0 Å². The molecule has 22 heavy (non-hydrogen) atoms. The van der Waals surface area contributed by atoms with Crippen molar-refractivity contribution >= 4 is 34.1 Å². The lowest BCUT2D eigenvalue weighted by atomic mass is 9.85. The molecule has 3 atom stereocenters. The van der Waals surface area contributed by atoms with E-state index >= 15 is 0 Å². The van der Waals surface area contributed by atoms with E-state index in [4.69, 9.17) is 29.6 Å². The average molecular weight is 337 g/mol. The SMILES string of the molecule is C#CC1CCCCC1NC(O)c1cc2c(Cl)cc(Cl)cc2[nH]1. The normalized spacial score (nSPS) is 23.4. The van der Waals surface area contributed by atoms with Gasteiger partial charge in [0.2, 0.25) is 0 Å². The molecule has 1 aromatic carbocycles. The van der Waals surface area contributed by atoms with Crippen molar-refractivity contribution in [3.63, 3.8) is 0 Å². The quantitative estimate of drug-likeness (QED) is 0.579. The number of benzene rings is 1. The molecule has 1 aliphatic rings. The number of H-pyrrole nitrogens is 1. The molecule has 0 bridgehead atoms. The van der Waals surface area contributed by atoms with Gasteiger partial charge in [-0.25, -0.2) is 0 Å². The van der Waals surface area contributed by atoms with Crippen molar-refractivity contribution in [2.45, 2.75) is 38.0 Å². The van der Waals surface area contributed by atoms with Crippen LogP contribution in [-0.4, -0.2) is 16.1 Å². The van der Waals surface area contributed by atoms with Crippen molar-refractivity contribution in [3.8, 4) is 12.3 Å². The number of aromatic amines is 1. The molecule has 1 fully saturated rings. The van der Waals surface area contributed by atoms with Crippen LogP contribution in [0.3, 0.4) is 0 Å². The number of aliphatic hydroxyl groups excluding tert-OH is 1. The van der Waals surface area contributed by atoms with Gasteiger partial charge in [0.05, 0.1) is 10.7 Å². The molecule has 3 N–H and O–H groups in total. The number of terminal acetylenes is 1. The maximum Gasteiger partial charge on any atom is 0.146 e. The largest absolute Gasteiger partial charge is 0.373 e. The van der Waals surface area contributed by atoms with Crippen LogP contribution >= 0.6 is 23.2 Å². The second kappa shape index (κ2) is 6.52. The molecule has 0 saturated heterocycles. The summed E-state index contributed by atoms with van der Waals surface area (Å²) in [7, 11) is 0. The lowest BCUT2D eigenvalue weighted by Crippen LogP contribution is -2.40. The summed E-state index contributed by atoms with van der Waals surface area (Å²) in [4.78, 5) is 3.17. The lowest BCUT2D eigenvalue weighted by molar-refractivity contribution is 0.102. The van der Waals surface area contributed by atoms with Gasteiger partial charge < -0.3 is 10.1 Å². The Labute approximate surface area is 140 Å². The van der Waals surface area contributed by atoms with Gasteiger partial charge in [-0.3, -0.25) is 5.32 Å². The van der Waals surface area contributed by atoms with Crippen molar-refractivity contribution < 1.29 is 5.11 Å². The zero-order valence-corrected chi connectivity index (χ0v) is 13.6. The molecule has 3 rings (SSSR count). The third kappa shape index (κ3) is 3.11. The van der Waals surface area contributed by atoms with Crippen LogP contribution in [0.2, 0.25) is 10.0 Å². The summed E-state index contributed by atoms with van der Waals surface area (Å²) in [6, 6.07) is 5.47. The summed E-state index contributed by atoms with van der Waals surface area (Å²) < 4.78 is 0. The van der Waals surface area contributed by atoms with Crippen LogP contribution in [0, 0.1) is 18.3 Å². The van der Waals surface area contributed by atoms with Crippen LogP contribution < -0.4 is 5.32 Å². The molecule has 3 nitrogen and oxygen atoms in total. The number of nitrogens with one attached hydrogen (secondary N) is 2. The van der Waals surface area contributed by atoms with Gasteiger partial charge in [-0.15, -0.1) is 12.3 Å². The van der Waals surface area contributed by atoms with E-state index in [1.807, 2.05) is 6.07 Å². The molecule has 0 radical (unpaired) electrons. The fourth-order valence-corrected chi connectivity index (χ4v) is 3.70. The van der Waals surface area contributed by atoms with Gasteiger partial charge in [-0.2, -0.15) is 0 Å². The standard InChI is InChI=1S/C17H18Cl2N2O/c1-2-10-5-3-4-6-14(10)21-17(22)16-9-12-13(19)7-11(18)8-15(12)20-16/h1,7-10,14,17,20-22H,3-6H2. The lowest BCUT2D eigenvalue weighted by Gasteiger charge is -2.30. The Hall–Kier alpha value is -1.18. The predicted molar refractivity (Wildman–Crippen MR) is 91.0 cm³/mol. The Morgan fingerprint density at radius 3 is 2.82 bits per heavy atom. The van der Waals surface area contributed by atoms with Gasteiger partial charge in [-0.1, -0.05) is 36.0 Å². The van der Waals surface area contributed by atoms with Gasteiger partial charge in [0, 0.05) is 27.9 Å². The Morgan fingerprint density at radius 2 is 2.05 bits per heavy atom. The van der Waals surface area contributed by atoms with Crippen molar-refractivity contribution in [3.05, 3.63) is 33.9 Å². The number of rotatable bonds is 3. The summed E-state index contributed by atoms with van der Waals surface area (Å²) in [6.45, 7) is 0. The third-order valence-corrected chi connectivity index (χ3v) is 4.85. The van der Waals surface area contributed by atoms with E-state index in [9.17, 15) is 5.11 Å². The van der Waals surface area contributed by atoms with E-state index in [0.717, 1.165) is 36.6 Å². The van der Waals surface area contributed by atoms with Crippen LogP contribution in [-0.2, 0) is 0 Å². The van der Waals surface area contributed by atoms with Crippen LogP contribution in [0.1, 0.15) is 37.6 Å². The van der Waals surface area contributed by atoms with Gasteiger partial charge in [0.15, 0.2) is 0 Å². The molecule has 116 valence electrons. The van der Waals surface area contributed by atoms with Gasteiger partial charge in [0.25, 0.3) is 0 Å². The first kappa shape index (κ1) is 15.7. The molecule has 1 aliphatic carbocycles. The number of fused-ring (bicyclic) bond motifs is 1. The van der Waals surface area contributed by atoms with Crippen molar-refractivity contribution in [1.82, 2.24) is 10.3 Å². The van der Waals surface area contributed by atoms with E-state index in [2.05, 4.69) is 16.2 Å². The van der Waals surface area contributed by atoms with Crippen molar-refractivity contribution in [1.29, 1.82) is 0 Å². The van der Waals surface area contributed by atoms with Gasteiger partial charge >= 0.3 is 0 Å². The number of hydrogen-bond donors (Lipinski definition) is 3. The van der Waals surface area contributed by atoms with E-state index < -0.39 is 6.23 Å². The van der Waals surface area contributed by atoms with Crippen LogP contribution in [0.4, 0.5) is 0 Å². The van der Waals surface area contributed by atoms with Gasteiger partial charge in [0.1, 0.15) is 6.23 Å². The molecule has 1 saturated carbocycles. The summed E-state index contributed by atoms with van der Waals surface area (Å²) >= 11 is 12.2. The van der Waals surface area contributed by atoms with Crippen molar-refractivity contribution in [2.75, 3.05) is 0 Å². The van der Waals surface area contributed by atoms with Crippen LogP contribution in [0.15, 0.2) is 18.2 Å². The third-order valence-electron chi connectivity index (χ3n) is 4.32. The summed E-state index contributed by atoms with van der Waals surface area (Å²) in [5, 5.41) is 15.7. The Bertz CT molecular complexity index is 719. The first-order valence-electron chi connectivity index (χ1n) is 7.46.